The van der Waals surface area contributed by atoms with Crippen LogP contribution < -0.4 is 0 Å². The highest BCUT2D eigenvalue weighted by atomic mass is 16.1. The molecule has 1 nitrogen and oxygen atoms in total. The molecule has 0 spiro atoms. The molecular formula is C18H22O. The van der Waals surface area contributed by atoms with E-state index in [0.29, 0.717) is 5.41 Å². The molecule has 2 aromatic rings. The van der Waals surface area contributed by atoms with E-state index in [-0.39, 0.29) is 5.78 Å². The maximum absolute atomic E-state index is 11.8. The van der Waals surface area contributed by atoms with Gasteiger partial charge in [0.25, 0.3) is 0 Å². The zero-order chi connectivity index (χ0) is 14.3. The molecule has 0 N–H and O–H groups in total. The SMILES string of the molecule is CC(C)(C)C.O=C(c1ccccc1)c1ccccc1. The average Bonchev–Trinajstić information content (AvgIpc) is 2.38. The summed E-state index contributed by atoms with van der Waals surface area (Å²) in [6, 6.07) is 18.6. The van der Waals surface area contributed by atoms with Crippen molar-refractivity contribution in [2.24, 2.45) is 5.41 Å². The van der Waals surface area contributed by atoms with Gasteiger partial charge in [0.1, 0.15) is 0 Å². The van der Waals surface area contributed by atoms with Gasteiger partial charge in [-0.3, -0.25) is 4.79 Å². The van der Waals surface area contributed by atoms with E-state index in [1.807, 2.05) is 60.7 Å². The van der Waals surface area contributed by atoms with Crippen LogP contribution in [0.2, 0.25) is 0 Å². The van der Waals surface area contributed by atoms with Crippen molar-refractivity contribution in [1.82, 2.24) is 0 Å². The van der Waals surface area contributed by atoms with Gasteiger partial charge in [0, 0.05) is 11.1 Å². The summed E-state index contributed by atoms with van der Waals surface area (Å²) in [5, 5.41) is 0. The van der Waals surface area contributed by atoms with Gasteiger partial charge in [-0.05, 0) is 5.41 Å². The first-order valence-corrected chi connectivity index (χ1v) is 6.53. The Morgan fingerprint density at radius 3 is 1.21 bits per heavy atom. The van der Waals surface area contributed by atoms with E-state index in [0.717, 1.165) is 11.1 Å². The normalized spacial score (nSPS) is 10.3. The first-order valence-electron chi connectivity index (χ1n) is 6.53. The van der Waals surface area contributed by atoms with Gasteiger partial charge >= 0.3 is 0 Å². The molecule has 0 aliphatic heterocycles. The fraction of sp³-hybridized carbons (Fsp3) is 0.278. The second kappa shape index (κ2) is 6.89. The van der Waals surface area contributed by atoms with Crippen LogP contribution >= 0.6 is 0 Å². The Morgan fingerprint density at radius 2 is 0.947 bits per heavy atom. The summed E-state index contributed by atoms with van der Waals surface area (Å²) in [6.07, 6.45) is 0. The third-order valence-corrected chi connectivity index (χ3v) is 2.07. The van der Waals surface area contributed by atoms with Crippen molar-refractivity contribution in [3.05, 3.63) is 71.8 Å². The lowest BCUT2D eigenvalue weighted by Gasteiger charge is -2.05. The summed E-state index contributed by atoms with van der Waals surface area (Å²) < 4.78 is 0. The second-order valence-corrected chi connectivity index (χ2v) is 6.06. The number of carbonyl (C=O) groups excluding carboxylic acids is 1. The van der Waals surface area contributed by atoms with E-state index in [9.17, 15) is 4.79 Å². The van der Waals surface area contributed by atoms with Crippen molar-refractivity contribution in [2.45, 2.75) is 27.7 Å². The molecule has 0 bridgehead atoms. The summed E-state index contributed by atoms with van der Waals surface area (Å²) in [7, 11) is 0. The molecule has 0 atom stereocenters. The molecule has 0 unspecified atom stereocenters. The van der Waals surface area contributed by atoms with Gasteiger partial charge in [-0.2, -0.15) is 0 Å². The first-order chi connectivity index (χ1) is 8.88. The molecule has 0 aliphatic rings. The molecule has 2 rings (SSSR count). The standard InChI is InChI=1S/C13H10O.C5H12/c14-13(11-7-3-1-4-8-11)12-9-5-2-6-10-12;1-5(2,3)4/h1-10H;1-4H3. The quantitative estimate of drug-likeness (QED) is 0.691. The molecule has 0 aliphatic carbocycles. The van der Waals surface area contributed by atoms with Crippen molar-refractivity contribution in [3.8, 4) is 0 Å². The Hall–Kier alpha value is -1.89. The lowest BCUT2D eigenvalue weighted by Crippen LogP contribution is -1.99. The van der Waals surface area contributed by atoms with Crippen LogP contribution in [0, 0.1) is 5.41 Å². The van der Waals surface area contributed by atoms with Crippen LogP contribution in [-0.4, -0.2) is 5.78 Å². The minimum atomic E-state index is 0.0752. The van der Waals surface area contributed by atoms with Gasteiger partial charge in [-0.25, -0.2) is 0 Å². The lowest BCUT2D eigenvalue weighted by molar-refractivity contribution is 0.103. The van der Waals surface area contributed by atoms with Gasteiger partial charge in [0.05, 0.1) is 0 Å². The maximum atomic E-state index is 11.8. The van der Waals surface area contributed by atoms with Gasteiger partial charge in [-0.15, -0.1) is 0 Å². The van der Waals surface area contributed by atoms with Gasteiger partial charge < -0.3 is 0 Å². The summed E-state index contributed by atoms with van der Waals surface area (Å²) in [6.45, 7) is 8.75. The Morgan fingerprint density at radius 1 is 0.684 bits per heavy atom. The Bertz CT molecular complexity index is 445. The van der Waals surface area contributed by atoms with Crippen LogP contribution in [0.5, 0.6) is 0 Å². The highest BCUT2D eigenvalue weighted by molar-refractivity contribution is 6.08. The number of benzene rings is 2. The molecule has 2 aromatic carbocycles. The summed E-state index contributed by atoms with van der Waals surface area (Å²) in [5.74, 6) is 0.0752. The second-order valence-electron chi connectivity index (χ2n) is 6.06. The van der Waals surface area contributed by atoms with Gasteiger partial charge in [0.2, 0.25) is 0 Å². The fourth-order valence-corrected chi connectivity index (χ4v) is 1.35. The zero-order valence-corrected chi connectivity index (χ0v) is 12.2. The topological polar surface area (TPSA) is 17.1 Å². The predicted molar refractivity (Wildman–Crippen MR) is 81.4 cm³/mol. The van der Waals surface area contributed by atoms with Crippen molar-refractivity contribution in [2.75, 3.05) is 0 Å². The van der Waals surface area contributed by atoms with Crippen LogP contribution in [0.25, 0.3) is 0 Å². The predicted octanol–water partition coefficient (Wildman–Crippen LogP) is 4.97. The molecule has 0 saturated carbocycles. The molecule has 19 heavy (non-hydrogen) atoms. The molecule has 0 aromatic heterocycles. The van der Waals surface area contributed by atoms with Crippen LogP contribution in [0.3, 0.4) is 0 Å². The third-order valence-electron chi connectivity index (χ3n) is 2.07. The van der Waals surface area contributed by atoms with E-state index in [2.05, 4.69) is 27.7 Å². The Labute approximate surface area is 116 Å². The number of rotatable bonds is 2. The Kier molecular flexibility index (Phi) is 5.50. The fourth-order valence-electron chi connectivity index (χ4n) is 1.35. The molecule has 0 radical (unpaired) electrons. The highest BCUT2D eigenvalue weighted by Crippen LogP contribution is 2.08. The Balaban J connectivity index is 0.000000312. The minimum absolute atomic E-state index is 0.0752. The molecule has 0 fully saturated rings. The van der Waals surface area contributed by atoms with Crippen molar-refractivity contribution >= 4 is 5.78 Å². The molecule has 1 heteroatoms. The van der Waals surface area contributed by atoms with Crippen LogP contribution in [0.4, 0.5) is 0 Å². The molecule has 100 valence electrons. The highest BCUT2D eigenvalue weighted by Gasteiger charge is 2.06. The van der Waals surface area contributed by atoms with E-state index in [1.54, 1.807) is 0 Å². The van der Waals surface area contributed by atoms with Crippen molar-refractivity contribution in [1.29, 1.82) is 0 Å². The smallest absolute Gasteiger partial charge is 0.193 e. The summed E-state index contributed by atoms with van der Waals surface area (Å²) in [4.78, 5) is 11.8. The van der Waals surface area contributed by atoms with Crippen LogP contribution in [0.15, 0.2) is 60.7 Å². The van der Waals surface area contributed by atoms with E-state index in [1.165, 1.54) is 0 Å². The number of hydrogen-bond acceptors (Lipinski definition) is 1. The molecule has 0 saturated heterocycles. The van der Waals surface area contributed by atoms with Crippen LogP contribution in [-0.2, 0) is 0 Å². The molecular weight excluding hydrogens is 232 g/mol. The van der Waals surface area contributed by atoms with Gasteiger partial charge in [-0.1, -0.05) is 88.4 Å². The van der Waals surface area contributed by atoms with Crippen LogP contribution in [0.1, 0.15) is 43.6 Å². The van der Waals surface area contributed by atoms with Gasteiger partial charge in [0.15, 0.2) is 5.78 Å². The number of ketones is 1. The molecule has 0 heterocycles. The van der Waals surface area contributed by atoms with E-state index in [4.69, 9.17) is 0 Å². The monoisotopic (exact) mass is 254 g/mol. The minimum Gasteiger partial charge on any atom is -0.289 e. The summed E-state index contributed by atoms with van der Waals surface area (Å²) in [5.41, 5.74) is 1.97. The average molecular weight is 254 g/mol. The first kappa shape index (κ1) is 15.2. The number of carbonyl (C=O) groups is 1. The summed E-state index contributed by atoms with van der Waals surface area (Å²) >= 11 is 0. The van der Waals surface area contributed by atoms with E-state index < -0.39 is 0 Å². The maximum Gasteiger partial charge on any atom is 0.193 e. The lowest BCUT2D eigenvalue weighted by atomic mass is 10.0. The number of hydrogen-bond donors (Lipinski definition) is 0. The third kappa shape index (κ3) is 6.56. The van der Waals surface area contributed by atoms with Crippen molar-refractivity contribution < 1.29 is 4.79 Å². The van der Waals surface area contributed by atoms with Crippen molar-refractivity contribution in [3.63, 3.8) is 0 Å². The molecule has 0 amide bonds. The van der Waals surface area contributed by atoms with E-state index >= 15 is 0 Å². The zero-order valence-electron chi connectivity index (χ0n) is 12.2. The largest absolute Gasteiger partial charge is 0.289 e.